The van der Waals surface area contributed by atoms with Crippen LogP contribution in [-0.4, -0.2) is 26.5 Å². The Morgan fingerprint density at radius 2 is 1.85 bits per heavy atom. The number of ketones is 1. The van der Waals surface area contributed by atoms with Gasteiger partial charge in [-0.3, -0.25) is 4.79 Å². The summed E-state index contributed by atoms with van der Waals surface area (Å²) in [4.78, 5) is 17.6. The van der Waals surface area contributed by atoms with Crippen molar-refractivity contribution in [1.82, 2.24) is 9.55 Å². The van der Waals surface area contributed by atoms with Crippen molar-refractivity contribution in [2.45, 2.75) is 57.7 Å². The van der Waals surface area contributed by atoms with E-state index in [0.717, 1.165) is 25.0 Å². The number of aryl methyl sites for hydroxylation is 2. The van der Waals surface area contributed by atoms with E-state index in [2.05, 4.69) is 4.98 Å². The van der Waals surface area contributed by atoms with Gasteiger partial charge in [0, 0.05) is 30.5 Å². The van der Waals surface area contributed by atoms with E-state index in [1.165, 1.54) is 0 Å². The minimum absolute atomic E-state index is 0.0834. The van der Waals surface area contributed by atoms with Crippen LogP contribution in [0.25, 0.3) is 11.0 Å². The fraction of sp³-hybridized carbons (Fsp3) is 0.440. The smallest absolute Gasteiger partial charge is 0.393 e. The molecule has 2 aromatic carbocycles. The Balaban J connectivity index is 1.65. The zero-order valence-electron chi connectivity index (χ0n) is 18.8. The van der Waals surface area contributed by atoms with Crippen LogP contribution in [0.3, 0.4) is 0 Å². The van der Waals surface area contributed by atoms with Crippen molar-refractivity contribution >= 4 is 40.0 Å². The molecule has 9 heteroatoms. The van der Waals surface area contributed by atoms with Crippen molar-refractivity contribution in [3.05, 3.63) is 62.4 Å². The average Bonchev–Trinajstić information content (AvgIpc) is 3.08. The number of hydrogen-bond acceptors (Lipinski definition) is 3. The number of hydrogen-bond donors (Lipinski definition) is 1. The Morgan fingerprint density at radius 1 is 1.18 bits per heavy atom. The van der Waals surface area contributed by atoms with Gasteiger partial charge >= 0.3 is 6.18 Å². The molecule has 1 heterocycles. The molecular formula is C25H25Cl2F3N2O2. The quantitative estimate of drug-likeness (QED) is 0.377. The third-order valence-corrected chi connectivity index (χ3v) is 7.49. The molecule has 182 valence electrons. The Bertz CT molecular complexity index is 1250. The van der Waals surface area contributed by atoms with Crippen molar-refractivity contribution in [2.75, 3.05) is 0 Å². The molecule has 1 N–H and O–H groups in total. The molecule has 0 bridgehead atoms. The molecular weight excluding hydrogens is 488 g/mol. The lowest BCUT2D eigenvalue weighted by Crippen LogP contribution is -2.20. The first-order valence-corrected chi connectivity index (χ1v) is 11.9. The van der Waals surface area contributed by atoms with Crippen molar-refractivity contribution in [2.24, 2.45) is 13.0 Å². The molecule has 1 aromatic heterocycles. The zero-order chi connectivity index (χ0) is 24.8. The minimum Gasteiger partial charge on any atom is -0.393 e. The van der Waals surface area contributed by atoms with Crippen LogP contribution in [0.1, 0.15) is 65.0 Å². The minimum atomic E-state index is -4.46. The average molecular weight is 513 g/mol. The molecule has 0 atom stereocenters. The number of imidazole rings is 1. The predicted octanol–water partition coefficient (Wildman–Crippen LogP) is 6.92. The van der Waals surface area contributed by atoms with Gasteiger partial charge in [0.1, 0.15) is 5.82 Å². The predicted molar refractivity (Wildman–Crippen MR) is 127 cm³/mol. The van der Waals surface area contributed by atoms with Gasteiger partial charge in [-0.2, -0.15) is 13.2 Å². The molecule has 34 heavy (non-hydrogen) atoms. The number of aliphatic hydroxyl groups excluding tert-OH is 1. The highest BCUT2D eigenvalue weighted by Gasteiger charge is 2.32. The number of fused-ring (bicyclic) bond motifs is 1. The summed E-state index contributed by atoms with van der Waals surface area (Å²) in [6.07, 6.45) is -1.25. The summed E-state index contributed by atoms with van der Waals surface area (Å²) in [5.41, 5.74) is 1.42. The molecule has 1 aliphatic carbocycles. The molecule has 0 aliphatic heterocycles. The van der Waals surface area contributed by atoms with Gasteiger partial charge in [-0.25, -0.2) is 4.98 Å². The summed E-state index contributed by atoms with van der Waals surface area (Å²) in [6, 6.07) is 5.41. The summed E-state index contributed by atoms with van der Waals surface area (Å²) < 4.78 is 41.5. The first kappa shape index (κ1) is 25.0. The first-order chi connectivity index (χ1) is 16.0. The van der Waals surface area contributed by atoms with Crippen molar-refractivity contribution in [3.8, 4) is 0 Å². The topological polar surface area (TPSA) is 55.1 Å². The highest BCUT2D eigenvalue weighted by atomic mass is 35.5. The second-order valence-electron chi connectivity index (χ2n) is 9.11. The Kier molecular flexibility index (Phi) is 7.00. The number of carbonyl (C=O) groups excluding carboxylic acids is 1. The Morgan fingerprint density at radius 3 is 2.50 bits per heavy atom. The third kappa shape index (κ3) is 4.97. The molecule has 4 rings (SSSR count). The third-order valence-electron chi connectivity index (χ3n) is 6.71. The molecule has 1 aliphatic rings. The number of aromatic nitrogens is 2. The lowest BCUT2D eigenvalue weighted by molar-refractivity contribution is -0.137. The number of rotatable bonds is 5. The molecule has 1 saturated carbocycles. The highest BCUT2D eigenvalue weighted by molar-refractivity contribution is 6.38. The van der Waals surface area contributed by atoms with Crippen LogP contribution in [0.5, 0.6) is 0 Å². The van der Waals surface area contributed by atoms with Gasteiger partial charge in [-0.1, -0.05) is 23.2 Å². The fourth-order valence-electron chi connectivity index (χ4n) is 4.68. The first-order valence-electron chi connectivity index (χ1n) is 11.2. The van der Waals surface area contributed by atoms with Crippen LogP contribution in [0, 0.1) is 12.8 Å². The zero-order valence-corrected chi connectivity index (χ0v) is 20.4. The van der Waals surface area contributed by atoms with E-state index < -0.39 is 11.7 Å². The SMILES string of the molecule is Cc1cc(C(F)(F)F)cc2c1nc(Cc1c(Cl)ccc(C(=O)CC3CCC(O)CC3)c1Cl)n2C. The summed E-state index contributed by atoms with van der Waals surface area (Å²) in [7, 11) is 1.65. The normalized spacial score (nSPS) is 19.1. The van der Waals surface area contributed by atoms with E-state index in [-0.39, 0.29) is 29.2 Å². The molecule has 4 nitrogen and oxygen atoms in total. The van der Waals surface area contributed by atoms with Crippen molar-refractivity contribution < 1.29 is 23.1 Å². The highest BCUT2D eigenvalue weighted by Crippen LogP contribution is 2.36. The van der Waals surface area contributed by atoms with Gasteiger partial charge in [0.25, 0.3) is 0 Å². The van der Waals surface area contributed by atoms with E-state index in [1.54, 1.807) is 30.7 Å². The standard InChI is InChI=1S/C25H25Cl2F3N2O2/c1-13-9-15(25(28,29)30)11-20-24(13)31-22(32(20)2)12-18-19(26)8-7-17(23(18)27)21(34)10-14-3-5-16(33)6-4-14/h7-9,11,14,16,33H,3-6,10,12H2,1-2H3. The van der Waals surface area contributed by atoms with Gasteiger partial charge in [0.05, 0.1) is 27.7 Å². The summed E-state index contributed by atoms with van der Waals surface area (Å²) in [5, 5.41) is 10.3. The van der Waals surface area contributed by atoms with Crippen LogP contribution < -0.4 is 0 Å². The molecule has 1 fully saturated rings. The maximum absolute atomic E-state index is 13.3. The summed E-state index contributed by atoms with van der Waals surface area (Å²) >= 11 is 13.1. The van der Waals surface area contributed by atoms with Gasteiger partial charge in [0.2, 0.25) is 0 Å². The van der Waals surface area contributed by atoms with Crippen LogP contribution in [0.2, 0.25) is 10.0 Å². The van der Waals surface area contributed by atoms with Gasteiger partial charge in [-0.15, -0.1) is 0 Å². The van der Waals surface area contributed by atoms with Gasteiger partial charge < -0.3 is 9.67 Å². The Labute approximate surface area is 205 Å². The number of aliphatic hydroxyl groups is 1. The molecule has 0 spiro atoms. The molecule has 0 saturated heterocycles. The van der Waals surface area contributed by atoms with Crippen LogP contribution in [-0.2, 0) is 19.6 Å². The number of alkyl halides is 3. The molecule has 0 unspecified atom stereocenters. The van der Waals surface area contributed by atoms with Crippen LogP contribution in [0.15, 0.2) is 24.3 Å². The number of benzene rings is 2. The van der Waals surface area contributed by atoms with E-state index >= 15 is 0 Å². The van der Waals surface area contributed by atoms with E-state index in [1.807, 2.05) is 0 Å². The number of Topliss-reactive ketones (excluding diaryl/α,β-unsaturated/α-hetero) is 1. The van der Waals surface area contributed by atoms with Crippen LogP contribution >= 0.6 is 23.2 Å². The van der Waals surface area contributed by atoms with E-state index in [4.69, 9.17) is 23.2 Å². The monoisotopic (exact) mass is 512 g/mol. The van der Waals surface area contributed by atoms with Gasteiger partial charge in [0.15, 0.2) is 5.78 Å². The molecule has 0 amide bonds. The fourth-order valence-corrected chi connectivity index (χ4v) is 5.29. The maximum atomic E-state index is 13.3. The number of carbonyl (C=O) groups is 1. The number of halogens is 5. The van der Waals surface area contributed by atoms with Crippen LogP contribution in [0.4, 0.5) is 13.2 Å². The lowest BCUT2D eigenvalue weighted by atomic mass is 9.83. The largest absolute Gasteiger partial charge is 0.416 e. The van der Waals surface area contributed by atoms with Gasteiger partial charge in [-0.05, 0) is 73.9 Å². The van der Waals surface area contributed by atoms with Crippen molar-refractivity contribution in [1.29, 1.82) is 0 Å². The second kappa shape index (κ2) is 9.51. The molecule has 3 aromatic rings. The summed E-state index contributed by atoms with van der Waals surface area (Å²) in [5.74, 6) is 0.615. The summed E-state index contributed by atoms with van der Waals surface area (Å²) in [6.45, 7) is 1.60. The van der Waals surface area contributed by atoms with E-state index in [9.17, 15) is 23.1 Å². The molecule has 0 radical (unpaired) electrons. The lowest BCUT2D eigenvalue weighted by Gasteiger charge is -2.25. The second-order valence-corrected chi connectivity index (χ2v) is 9.90. The maximum Gasteiger partial charge on any atom is 0.416 e. The van der Waals surface area contributed by atoms with Crippen molar-refractivity contribution in [3.63, 3.8) is 0 Å². The van der Waals surface area contributed by atoms with E-state index in [0.29, 0.717) is 57.8 Å². The Hall–Kier alpha value is -2.09. The number of nitrogens with zero attached hydrogens (tertiary/aromatic N) is 2.